The van der Waals surface area contributed by atoms with Crippen molar-refractivity contribution in [3.8, 4) is 5.88 Å². The number of pyridine rings is 1. The molecule has 0 amide bonds. The van der Waals surface area contributed by atoms with E-state index < -0.39 is 12.2 Å². The molecule has 0 aliphatic carbocycles. The van der Waals surface area contributed by atoms with Crippen LogP contribution in [0, 0.1) is 3.70 Å². The fourth-order valence-corrected chi connectivity index (χ4v) is 1.20. The predicted molar refractivity (Wildman–Crippen MR) is 51.5 cm³/mol. The van der Waals surface area contributed by atoms with Gasteiger partial charge in [0.05, 0.1) is 0 Å². The molecule has 0 aliphatic rings. The van der Waals surface area contributed by atoms with Crippen molar-refractivity contribution in [2.45, 2.75) is 12.9 Å². The Balaban J connectivity index is 2.99. The number of nitrogens with two attached hydrogens (primary N) is 1. The topological polar surface area (TPSA) is 48.1 Å². The first kappa shape index (κ1) is 11.5. The molecule has 0 spiro atoms. The van der Waals surface area contributed by atoms with Crippen LogP contribution in [0.2, 0.25) is 0 Å². The summed E-state index contributed by atoms with van der Waals surface area (Å²) < 4.78 is 39.8. The maximum absolute atomic E-state index is 11.9. The van der Waals surface area contributed by atoms with Crippen LogP contribution in [0.1, 0.15) is 5.56 Å². The lowest BCUT2D eigenvalue weighted by Gasteiger charge is -2.10. The SMILES string of the molecule is NCc1ccc(I)nc1OC(F)(F)F. The van der Waals surface area contributed by atoms with Gasteiger partial charge < -0.3 is 10.5 Å². The number of hydrogen-bond donors (Lipinski definition) is 1. The maximum Gasteiger partial charge on any atom is 0.574 e. The fraction of sp³-hybridized carbons (Fsp3) is 0.286. The second-order valence-electron chi connectivity index (χ2n) is 2.35. The molecule has 0 unspecified atom stereocenters. The first-order valence-corrected chi connectivity index (χ1v) is 4.61. The number of hydrogen-bond acceptors (Lipinski definition) is 3. The third-order valence-corrected chi connectivity index (χ3v) is 1.94. The Bertz CT molecular complexity index is 329. The molecule has 0 atom stereocenters. The minimum absolute atomic E-state index is 0.0463. The molecule has 0 aromatic carbocycles. The lowest BCUT2D eigenvalue weighted by molar-refractivity contribution is -0.276. The fourth-order valence-electron chi connectivity index (χ4n) is 0.800. The standard InChI is InChI=1S/C7H6F3IN2O/c8-7(9,10)14-6-4(3-12)1-2-5(11)13-6/h1-2H,3,12H2. The lowest BCUT2D eigenvalue weighted by Crippen LogP contribution is -2.19. The summed E-state index contributed by atoms with van der Waals surface area (Å²) in [5.74, 6) is -0.480. The molecule has 1 aromatic heterocycles. The van der Waals surface area contributed by atoms with Crippen LogP contribution < -0.4 is 10.5 Å². The second kappa shape index (κ2) is 4.30. The van der Waals surface area contributed by atoms with Gasteiger partial charge in [0.1, 0.15) is 3.70 Å². The molecule has 1 heterocycles. The summed E-state index contributed by atoms with van der Waals surface area (Å²) in [5, 5.41) is 0. The Labute approximate surface area is 91.6 Å². The van der Waals surface area contributed by atoms with E-state index in [-0.39, 0.29) is 12.1 Å². The van der Waals surface area contributed by atoms with Gasteiger partial charge in [0.25, 0.3) is 0 Å². The van der Waals surface area contributed by atoms with Crippen LogP contribution in [0.3, 0.4) is 0 Å². The highest BCUT2D eigenvalue weighted by molar-refractivity contribution is 14.1. The van der Waals surface area contributed by atoms with Gasteiger partial charge in [0.2, 0.25) is 5.88 Å². The van der Waals surface area contributed by atoms with Gasteiger partial charge in [-0.2, -0.15) is 0 Å². The van der Waals surface area contributed by atoms with Crippen LogP contribution in [0.15, 0.2) is 12.1 Å². The third kappa shape index (κ3) is 3.29. The molecule has 7 heteroatoms. The zero-order valence-corrected chi connectivity index (χ0v) is 8.96. The minimum atomic E-state index is -4.73. The van der Waals surface area contributed by atoms with E-state index in [9.17, 15) is 13.2 Å². The molecular formula is C7H6F3IN2O. The van der Waals surface area contributed by atoms with Gasteiger partial charge in [0, 0.05) is 12.1 Å². The van der Waals surface area contributed by atoms with Crippen molar-refractivity contribution < 1.29 is 17.9 Å². The number of nitrogens with zero attached hydrogens (tertiary/aromatic N) is 1. The molecule has 14 heavy (non-hydrogen) atoms. The summed E-state index contributed by atoms with van der Waals surface area (Å²) in [6.07, 6.45) is -4.73. The van der Waals surface area contributed by atoms with E-state index in [0.29, 0.717) is 3.70 Å². The van der Waals surface area contributed by atoms with Gasteiger partial charge >= 0.3 is 6.36 Å². The van der Waals surface area contributed by atoms with Gasteiger partial charge in [-0.05, 0) is 34.7 Å². The van der Waals surface area contributed by atoms with Crippen molar-refractivity contribution in [2.75, 3.05) is 0 Å². The smallest absolute Gasteiger partial charge is 0.387 e. The van der Waals surface area contributed by atoms with Gasteiger partial charge in [0.15, 0.2) is 0 Å². The quantitative estimate of drug-likeness (QED) is 0.671. The van der Waals surface area contributed by atoms with E-state index in [1.165, 1.54) is 6.07 Å². The van der Waals surface area contributed by atoms with Gasteiger partial charge in [-0.25, -0.2) is 4.98 Å². The zero-order valence-electron chi connectivity index (χ0n) is 6.81. The van der Waals surface area contributed by atoms with Crippen LogP contribution >= 0.6 is 22.6 Å². The summed E-state index contributed by atoms with van der Waals surface area (Å²) in [6.45, 7) is -0.0463. The monoisotopic (exact) mass is 318 g/mol. The highest BCUT2D eigenvalue weighted by Gasteiger charge is 2.32. The van der Waals surface area contributed by atoms with Crippen molar-refractivity contribution >= 4 is 22.6 Å². The van der Waals surface area contributed by atoms with Crippen LogP contribution in [0.4, 0.5) is 13.2 Å². The Morgan fingerprint density at radius 2 is 2.07 bits per heavy atom. The lowest BCUT2D eigenvalue weighted by atomic mass is 10.3. The van der Waals surface area contributed by atoms with E-state index in [1.54, 1.807) is 28.7 Å². The number of ether oxygens (including phenoxy) is 1. The van der Waals surface area contributed by atoms with E-state index in [0.717, 1.165) is 0 Å². The van der Waals surface area contributed by atoms with E-state index in [2.05, 4.69) is 9.72 Å². The van der Waals surface area contributed by atoms with Crippen LogP contribution in [-0.4, -0.2) is 11.3 Å². The summed E-state index contributed by atoms with van der Waals surface area (Å²) in [5.41, 5.74) is 5.45. The Hall–Kier alpha value is -0.570. The zero-order chi connectivity index (χ0) is 10.8. The molecule has 0 bridgehead atoms. The summed E-state index contributed by atoms with van der Waals surface area (Å²) >= 11 is 1.79. The minimum Gasteiger partial charge on any atom is -0.387 e. The Morgan fingerprint density at radius 3 is 2.57 bits per heavy atom. The number of rotatable bonds is 2. The second-order valence-corrected chi connectivity index (χ2v) is 3.46. The van der Waals surface area contributed by atoms with Gasteiger partial charge in [-0.3, -0.25) is 0 Å². The van der Waals surface area contributed by atoms with Crippen LogP contribution in [0.5, 0.6) is 5.88 Å². The number of halogens is 4. The van der Waals surface area contributed by atoms with Gasteiger partial charge in [-0.15, -0.1) is 13.2 Å². The maximum atomic E-state index is 11.9. The molecule has 0 saturated carbocycles. The van der Waals surface area contributed by atoms with Crippen LogP contribution in [0.25, 0.3) is 0 Å². The van der Waals surface area contributed by atoms with Gasteiger partial charge in [-0.1, -0.05) is 0 Å². The van der Waals surface area contributed by atoms with Crippen LogP contribution in [-0.2, 0) is 6.54 Å². The Kier molecular flexibility index (Phi) is 3.53. The third-order valence-electron chi connectivity index (χ3n) is 1.34. The molecule has 0 aliphatic heterocycles. The highest BCUT2D eigenvalue weighted by Crippen LogP contribution is 2.24. The van der Waals surface area contributed by atoms with E-state index in [1.807, 2.05) is 0 Å². The highest BCUT2D eigenvalue weighted by atomic mass is 127. The van der Waals surface area contributed by atoms with Crippen molar-refractivity contribution in [1.29, 1.82) is 0 Å². The molecule has 0 saturated heterocycles. The first-order valence-electron chi connectivity index (χ1n) is 3.53. The molecule has 3 nitrogen and oxygen atoms in total. The Morgan fingerprint density at radius 1 is 1.43 bits per heavy atom. The van der Waals surface area contributed by atoms with Crippen molar-refractivity contribution in [3.05, 3.63) is 21.4 Å². The normalized spacial score (nSPS) is 11.5. The first-order chi connectivity index (χ1) is 6.42. The van der Waals surface area contributed by atoms with Crippen molar-refractivity contribution in [3.63, 3.8) is 0 Å². The molecule has 0 radical (unpaired) electrons. The average Bonchev–Trinajstić information content (AvgIpc) is 2.01. The largest absolute Gasteiger partial charge is 0.574 e. The van der Waals surface area contributed by atoms with Crippen molar-refractivity contribution in [2.24, 2.45) is 5.73 Å². The molecule has 1 rings (SSSR count). The number of aromatic nitrogens is 1. The average molecular weight is 318 g/mol. The molecule has 0 fully saturated rings. The van der Waals surface area contributed by atoms with E-state index in [4.69, 9.17) is 5.73 Å². The molecule has 1 aromatic rings. The summed E-state index contributed by atoms with van der Waals surface area (Å²) in [7, 11) is 0. The predicted octanol–water partition coefficient (Wildman–Crippen LogP) is 2.04. The summed E-state index contributed by atoms with van der Waals surface area (Å²) in [4.78, 5) is 3.59. The molecule has 78 valence electrons. The van der Waals surface area contributed by atoms with E-state index >= 15 is 0 Å². The molecular weight excluding hydrogens is 312 g/mol. The molecule has 2 N–H and O–H groups in total. The van der Waals surface area contributed by atoms with Crippen molar-refractivity contribution in [1.82, 2.24) is 4.98 Å². The number of alkyl halides is 3. The summed E-state index contributed by atoms with van der Waals surface area (Å²) in [6, 6.07) is 3.02.